The van der Waals surface area contributed by atoms with Crippen LogP contribution in [0, 0.1) is 0 Å². The van der Waals surface area contributed by atoms with Crippen molar-refractivity contribution in [1.82, 2.24) is 9.21 Å². The molecule has 0 unspecified atom stereocenters. The first-order valence-electron chi connectivity index (χ1n) is 7.31. The average Bonchev–Trinajstić information content (AvgIpc) is 2.75. The molecule has 1 heterocycles. The second-order valence-corrected chi connectivity index (χ2v) is 6.78. The fraction of sp³-hybridized carbons (Fsp3) is 0.467. The van der Waals surface area contributed by atoms with Crippen molar-refractivity contribution >= 4 is 22.7 Å². The molecule has 7 nitrogen and oxygen atoms in total. The van der Waals surface area contributed by atoms with E-state index in [0.717, 1.165) is 9.21 Å². The van der Waals surface area contributed by atoms with E-state index in [1.165, 1.54) is 6.92 Å². The molecule has 2 rings (SSSR count). The van der Waals surface area contributed by atoms with Gasteiger partial charge in [-0.3, -0.25) is 14.5 Å². The standard InChI is InChI=1S/C15H20N2O5S/c1-9(2)16(23(21)22)8-13(18)10(3)17-14(19)11-6-4-5-7-12(11)15(17)20/h4-7,9-10,13,18,23H,8H2,1-3H3/t10-,13-/m0/s1. The van der Waals surface area contributed by atoms with Crippen molar-refractivity contribution in [2.45, 2.75) is 39.0 Å². The van der Waals surface area contributed by atoms with Crippen LogP contribution in [-0.4, -0.2) is 59.3 Å². The summed E-state index contributed by atoms with van der Waals surface area (Å²) in [4.78, 5) is 25.7. The molecular formula is C15H20N2O5S. The molecule has 0 saturated heterocycles. The fourth-order valence-corrected chi connectivity index (χ4v) is 3.24. The zero-order valence-electron chi connectivity index (χ0n) is 13.2. The Labute approximate surface area is 136 Å². The SMILES string of the molecule is CC(C)N(C[C@H](O)[C@H](C)N1C(=O)c2ccccc2C1=O)[SH](=O)=O. The molecule has 1 aliphatic heterocycles. The van der Waals surface area contributed by atoms with Gasteiger partial charge >= 0.3 is 0 Å². The third-order valence-electron chi connectivity index (χ3n) is 3.97. The van der Waals surface area contributed by atoms with Crippen LogP contribution in [0.3, 0.4) is 0 Å². The highest BCUT2D eigenvalue weighted by Crippen LogP contribution is 2.25. The minimum atomic E-state index is -2.86. The highest BCUT2D eigenvalue weighted by Gasteiger charge is 2.40. The van der Waals surface area contributed by atoms with Crippen molar-refractivity contribution < 1.29 is 23.1 Å². The van der Waals surface area contributed by atoms with Gasteiger partial charge < -0.3 is 5.11 Å². The third kappa shape index (κ3) is 3.29. The van der Waals surface area contributed by atoms with Crippen molar-refractivity contribution in [2.75, 3.05) is 6.54 Å². The summed E-state index contributed by atoms with van der Waals surface area (Å²) in [5.74, 6) is -0.945. The van der Waals surface area contributed by atoms with E-state index < -0.39 is 34.9 Å². The molecule has 1 aromatic carbocycles. The van der Waals surface area contributed by atoms with Gasteiger partial charge in [-0.15, -0.1) is 0 Å². The molecule has 23 heavy (non-hydrogen) atoms. The predicted molar refractivity (Wildman–Crippen MR) is 84.6 cm³/mol. The van der Waals surface area contributed by atoms with Crippen molar-refractivity contribution in [3.05, 3.63) is 35.4 Å². The Kier molecular flexibility index (Phi) is 5.18. The smallest absolute Gasteiger partial charge is 0.261 e. The Hall–Kier alpha value is -1.77. The summed E-state index contributed by atoms with van der Waals surface area (Å²) in [7, 11) is -2.86. The van der Waals surface area contributed by atoms with Gasteiger partial charge in [0.05, 0.1) is 23.3 Å². The van der Waals surface area contributed by atoms with Gasteiger partial charge in [0.1, 0.15) is 0 Å². The summed E-state index contributed by atoms with van der Waals surface area (Å²) in [5, 5.41) is 10.3. The van der Waals surface area contributed by atoms with Gasteiger partial charge in [-0.2, -0.15) is 4.31 Å². The molecule has 0 aliphatic carbocycles. The van der Waals surface area contributed by atoms with Gasteiger partial charge in [0, 0.05) is 12.6 Å². The Morgan fingerprint density at radius 1 is 1.09 bits per heavy atom. The first-order chi connectivity index (χ1) is 10.8. The van der Waals surface area contributed by atoms with Crippen molar-refractivity contribution in [3.8, 4) is 0 Å². The number of carbonyl (C=O) groups excluding carboxylic acids is 2. The van der Waals surface area contributed by atoms with E-state index in [-0.39, 0.29) is 12.6 Å². The van der Waals surface area contributed by atoms with Gasteiger partial charge in [-0.25, -0.2) is 8.42 Å². The van der Waals surface area contributed by atoms with Crippen molar-refractivity contribution in [3.63, 3.8) is 0 Å². The molecular weight excluding hydrogens is 320 g/mol. The average molecular weight is 340 g/mol. The maximum atomic E-state index is 12.4. The number of fused-ring (bicyclic) bond motifs is 1. The van der Waals surface area contributed by atoms with Crippen LogP contribution >= 0.6 is 0 Å². The minimum Gasteiger partial charge on any atom is -0.390 e. The Bertz CT molecular complexity index is 658. The number of aliphatic hydroxyl groups is 1. The first kappa shape index (κ1) is 17.6. The number of rotatable bonds is 6. The molecule has 0 spiro atoms. The lowest BCUT2D eigenvalue weighted by atomic mass is 10.1. The van der Waals surface area contributed by atoms with Crippen LogP contribution in [0.25, 0.3) is 0 Å². The highest BCUT2D eigenvalue weighted by atomic mass is 32.2. The number of thiol groups is 1. The topological polar surface area (TPSA) is 95.0 Å². The summed E-state index contributed by atoms with van der Waals surface area (Å²) >= 11 is 0. The Balaban J connectivity index is 2.19. The van der Waals surface area contributed by atoms with Gasteiger partial charge in [-0.05, 0) is 32.9 Å². The largest absolute Gasteiger partial charge is 0.390 e. The van der Waals surface area contributed by atoms with E-state index >= 15 is 0 Å². The molecule has 2 atom stereocenters. The van der Waals surface area contributed by atoms with Crippen LogP contribution in [0.5, 0.6) is 0 Å². The summed E-state index contributed by atoms with van der Waals surface area (Å²) in [6, 6.07) is 5.29. The molecule has 126 valence electrons. The number of nitrogens with zero attached hydrogens (tertiary/aromatic N) is 2. The van der Waals surface area contributed by atoms with Crippen molar-refractivity contribution in [1.29, 1.82) is 0 Å². The summed E-state index contributed by atoms with van der Waals surface area (Å²) in [5.41, 5.74) is 0.597. The van der Waals surface area contributed by atoms with E-state index in [1.54, 1.807) is 38.1 Å². The van der Waals surface area contributed by atoms with Crippen LogP contribution in [-0.2, 0) is 10.9 Å². The lowest BCUT2D eigenvalue weighted by Crippen LogP contribution is -2.50. The molecule has 0 bridgehead atoms. The molecule has 8 heteroatoms. The Morgan fingerprint density at radius 3 is 1.96 bits per heavy atom. The summed E-state index contributed by atoms with van der Waals surface area (Å²) < 4.78 is 23.6. The number of hydrogen-bond acceptors (Lipinski definition) is 5. The number of aliphatic hydroxyl groups excluding tert-OH is 1. The zero-order chi connectivity index (χ0) is 17.3. The first-order valence-corrected chi connectivity index (χ1v) is 8.44. The quantitative estimate of drug-likeness (QED) is 0.572. The maximum Gasteiger partial charge on any atom is 0.261 e. The number of carbonyl (C=O) groups is 2. The van der Waals surface area contributed by atoms with Crippen molar-refractivity contribution in [2.24, 2.45) is 0 Å². The molecule has 0 aromatic heterocycles. The van der Waals surface area contributed by atoms with Crippen LogP contribution < -0.4 is 0 Å². The Morgan fingerprint density at radius 2 is 1.57 bits per heavy atom. The van der Waals surface area contributed by atoms with E-state index in [0.29, 0.717) is 11.1 Å². The highest BCUT2D eigenvalue weighted by molar-refractivity contribution is 7.69. The number of amides is 2. The zero-order valence-corrected chi connectivity index (χ0v) is 14.1. The number of imide groups is 1. The van der Waals surface area contributed by atoms with E-state index in [9.17, 15) is 23.1 Å². The summed E-state index contributed by atoms with van der Waals surface area (Å²) in [6.45, 7) is 4.72. The predicted octanol–water partition coefficient (Wildman–Crippen LogP) is 0.269. The lowest BCUT2D eigenvalue weighted by molar-refractivity contribution is 0.0324. The fourth-order valence-electron chi connectivity index (χ4n) is 2.56. The normalized spacial score (nSPS) is 17.3. The lowest BCUT2D eigenvalue weighted by Gasteiger charge is -2.30. The molecule has 2 amide bonds. The second-order valence-electron chi connectivity index (χ2n) is 5.79. The molecule has 1 aliphatic rings. The van der Waals surface area contributed by atoms with Gasteiger partial charge in [0.2, 0.25) is 10.9 Å². The minimum absolute atomic E-state index is 0.176. The molecule has 0 fully saturated rings. The second kappa shape index (κ2) is 6.77. The molecule has 1 N–H and O–H groups in total. The summed E-state index contributed by atoms with van der Waals surface area (Å²) in [6.07, 6.45) is -1.17. The van der Waals surface area contributed by atoms with Crippen LogP contribution in [0.1, 0.15) is 41.5 Å². The number of hydrogen-bond donors (Lipinski definition) is 2. The van der Waals surface area contributed by atoms with Crippen LogP contribution in [0.2, 0.25) is 0 Å². The van der Waals surface area contributed by atoms with Gasteiger partial charge in [0.25, 0.3) is 11.8 Å². The number of benzene rings is 1. The van der Waals surface area contributed by atoms with Gasteiger partial charge in [0.15, 0.2) is 0 Å². The van der Waals surface area contributed by atoms with E-state index in [2.05, 4.69) is 0 Å². The maximum absolute atomic E-state index is 12.4. The molecule has 0 saturated carbocycles. The van der Waals surface area contributed by atoms with Gasteiger partial charge in [-0.1, -0.05) is 12.1 Å². The molecule has 0 radical (unpaired) electrons. The van der Waals surface area contributed by atoms with E-state index in [4.69, 9.17) is 0 Å². The van der Waals surface area contributed by atoms with Crippen LogP contribution in [0.4, 0.5) is 0 Å². The third-order valence-corrected chi connectivity index (χ3v) is 5.01. The molecule has 1 aromatic rings. The van der Waals surface area contributed by atoms with Crippen LogP contribution in [0.15, 0.2) is 24.3 Å². The monoisotopic (exact) mass is 340 g/mol. The van der Waals surface area contributed by atoms with E-state index in [1.807, 2.05) is 0 Å².